The summed E-state index contributed by atoms with van der Waals surface area (Å²) in [6.45, 7) is 6.26. The second-order valence-electron chi connectivity index (χ2n) is 9.88. The lowest BCUT2D eigenvalue weighted by Gasteiger charge is -2.24. The number of rotatable bonds is 7. The summed E-state index contributed by atoms with van der Waals surface area (Å²) in [7, 11) is 0. The fourth-order valence-electron chi connectivity index (χ4n) is 5.67. The van der Waals surface area contributed by atoms with Gasteiger partial charge in [0.05, 0.1) is 0 Å². The van der Waals surface area contributed by atoms with Crippen LogP contribution in [-0.2, 0) is 19.6 Å². The molecule has 1 saturated heterocycles. The van der Waals surface area contributed by atoms with E-state index in [9.17, 15) is 4.79 Å². The Hall–Kier alpha value is -4.12. The molecule has 0 spiro atoms. The van der Waals surface area contributed by atoms with Crippen molar-refractivity contribution >= 4 is 33.4 Å². The predicted molar refractivity (Wildman–Crippen MR) is 151 cm³/mol. The minimum Gasteiger partial charge on any atom is -0.372 e. The van der Waals surface area contributed by atoms with Crippen molar-refractivity contribution in [3.63, 3.8) is 0 Å². The zero-order valence-electron chi connectivity index (χ0n) is 21.3. The number of hydrogen-bond donors (Lipinski definition) is 0. The lowest BCUT2D eigenvalue weighted by molar-refractivity contribution is 0.0730. The van der Waals surface area contributed by atoms with Gasteiger partial charge in [-0.2, -0.15) is 0 Å². The molecule has 5 nitrogen and oxygen atoms in total. The van der Waals surface area contributed by atoms with Crippen molar-refractivity contribution in [3.05, 3.63) is 108 Å². The van der Waals surface area contributed by atoms with E-state index in [-0.39, 0.29) is 5.91 Å². The molecule has 3 aromatic carbocycles. The Balaban J connectivity index is 1.36. The molecule has 1 aliphatic rings. The van der Waals surface area contributed by atoms with Gasteiger partial charge in [-0.1, -0.05) is 36.4 Å². The van der Waals surface area contributed by atoms with Crippen LogP contribution in [0.2, 0.25) is 0 Å². The maximum atomic E-state index is 13.9. The number of hydrogen-bond acceptors (Lipinski definition) is 3. The summed E-state index contributed by atoms with van der Waals surface area (Å²) < 4.78 is 2.36. The first-order chi connectivity index (χ1) is 18.2. The minimum absolute atomic E-state index is 0.0426. The fraction of sp³-hybridized carbons (Fsp3) is 0.250. The van der Waals surface area contributed by atoms with Crippen LogP contribution in [0.15, 0.2) is 91.3 Å². The summed E-state index contributed by atoms with van der Waals surface area (Å²) >= 11 is 0. The highest BCUT2D eigenvalue weighted by atomic mass is 16.2. The normalized spacial score (nSPS) is 13.5. The molecule has 2 aromatic heterocycles. The molecule has 1 amide bonds. The van der Waals surface area contributed by atoms with Crippen LogP contribution in [0.1, 0.15) is 41.3 Å². The molecule has 0 atom stereocenters. The molecule has 0 unspecified atom stereocenters. The van der Waals surface area contributed by atoms with Crippen molar-refractivity contribution < 1.29 is 4.79 Å². The van der Waals surface area contributed by atoms with Crippen LogP contribution in [0.25, 0.3) is 21.8 Å². The Bertz CT molecular complexity index is 1550. The Morgan fingerprint density at radius 3 is 2.46 bits per heavy atom. The number of carbonyl (C=O) groups is 1. The summed E-state index contributed by atoms with van der Waals surface area (Å²) in [4.78, 5) is 22.5. The summed E-state index contributed by atoms with van der Waals surface area (Å²) in [6, 6.07) is 27.3. The Labute approximate surface area is 218 Å². The van der Waals surface area contributed by atoms with Crippen molar-refractivity contribution in [2.45, 2.75) is 39.4 Å². The number of nitrogens with zero attached hydrogens (tertiary/aromatic N) is 4. The molecule has 5 heteroatoms. The zero-order valence-corrected chi connectivity index (χ0v) is 21.3. The third-order valence-corrected chi connectivity index (χ3v) is 7.47. The van der Waals surface area contributed by atoms with Crippen LogP contribution < -0.4 is 4.90 Å². The fourth-order valence-corrected chi connectivity index (χ4v) is 5.67. The van der Waals surface area contributed by atoms with E-state index in [1.165, 1.54) is 34.6 Å². The van der Waals surface area contributed by atoms with Gasteiger partial charge in [0.1, 0.15) is 0 Å². The van der Waals surface area contributed by atoms with Gasteiger partial charge >= 0.3 is 0 Å². The molecule has 37 heavy (non-hydrogen) atoms. The average molecular weight is 489 g/mol. The first-order valence-electron chi connectivity index (χ1n) is 13.2. The van der Waals surface area contributed by atoms with Crippen molar-refractivity contribution in [3.8, 4) is 0 Å². The van der Waals surface area contributed by atoms with Crippen LogP contribution >= 0.6 is 0 Å². The molecule has 186 valence electrons. The maximum absolute atomic E-state index is 13.9. The summed E-state index contributed by atoms with van der Waals surface area (Å²) in [5.74, 6) is 0.0426. The summed E-state index contributed by atoms with van der Waals surface area (Å²) in [5, 5.41) is 2.49. The third-order valence-electron chi connectivity index (χ3n) is 7.47. The summed E-state index contributed by atoms with van der Waals surface area (Å²) in [6.07, 6.45) is 6.04. The van der Waals surface area contributed by atoms with Crippen LogP contribution in [0.5, 0.6) is 0 Å². The predicted octanol–water partition coefficient (Wildman–Crippen LogP) is 6.65. The number of aromatic nitrogens is 2. The monoisotopic (exact) mass is 488 g/mol. The van der Waals surface area contributed by atoms with E-state index in [1.807, 2.05) is 35.4 Å². The van der Waals surface area contributed by atoms with Crippen molar-refractivity contribution in [1.29, 1.82) is 0 Å². The number of aryl methyl sites for hydroxylation is 1. The Morgan fingerprint density at radius 1 is 0.838 bits per heavy atom. The molecule has 5 aromatic rings. The molecule has 1 aliphatic heterocycles. The van der Waals surface area contributed by atoms with Crippen molar-refractivity contribution in [2.24, 2.45) is 0 Å². The molecule has 6 rings (SSSR count). The quantitative estimate of drug-likeness (QED) is 0.257. The largest absolute Gasteiger partial charge is 0.372 e. The van der Waals surface area contributed by atoms with Gasteiger partial charge in [-0.25, -0.2) is 0 Å². The molecule has 0 saturated carbocycles. The number of carbonyl (C=O) groups excluding carboxylic acids is 1. The first kappa shape index (κ1) is 23.3. The van der Waals surface area contributed by atoms with E-state index < -0.39 is 0 Å². The van der Waals surface area contributed by atoms with Crippen LogP contribution in [0.4, 0.5) is 5.69 Å². The Kier molecular flexibility index (Phi) is 6.35. The second kappa shape index (κ2) is 10.1. The van der Waals surface area contributed by atoms with E-state index >= 15 is 0 Å². The van der Waals surface area contributed by atoms with E-state index in [1.54, 1.807) is 6.20 Å². The highest BCUT2D eigenvalue weighted by Gasteiger charge is 2.20. The lowest BCUT2D eigenvalue weighted by Crippen LogP contribution is -2.30. The molecular weight excluding hydrogens is 456 g/mol. The van der Waals surface area contributed by atoms with E-state index in [2.05, 4.69) is 76.0 Å². The van der Waals surface area contributed by atoms with Gasteiger partial charge in [0, 0.05) is 78.2 Å². The number of anilines is 1. The number of pyridine rings is 1. The van der Waals surface area contributed by atoms with Crippen molar-refractivity contribution in [1.82, 2.24) is 14.5 Å². The average Bonchev–Trinajstić information content (AvgIpc) is 3.60. The third kappa shape index (κ3) is 4.57. The molecule has 0 N–H and O–H groups in total. The van der Waals surface area contributed by atoms with E-state index in [0.717, 1.165) is 42.0 Å². The van der Waals surface area contributed by atoms with Gasteiger partial charge < -0.3 is 14.4 Å². The highest BCUT2D eigenvalue weighted by molar-refractivity contribution is 6.08. The van der Waals surface area contributed by atoms with Crippen LogP contribution in [-0.4, -0.2) is 33.4 Å². The minimum atomic E-state index is 0.0426. The lowest BCUT2D eigenvalue weighted by atomic mass is 10.1. The van der Waals surface area contributed by atoms with E-state index in [0.29, 0.717) is 13.1 Å². The molecule has 1 fully saturated rings. The zero-order chi connectivity index (χ0) is 25.2. The number of amides is 1. The molecular formula is C32H32N4O. The van der Waals surface area contributed by atoms with E-state index in [4.69, 9.17) is 0 Å². The standard InChI is InChI=1S/C32H32N4O/c1-2-36-30-13-4-3-12-28(30)29-19-24(14-15-31(29)36)22-35(23-25-9-8-16-33-21-25)32(37)26-10-7-11-27(20-26)34-17-5-6-18-34/h3-4,7-16,19-21H,2,5-6,17-18,22-23H2,1H3. The van der Waals surface area contributed by atoms with Gasteiger partial charge in [-0.05, 0) is 73.4 Å². The highest BCUT2D eigenvalue weighted by Crippen LogP contribution is 2.30. The van der Waals surface area contributed by atoms with Gasteiger partial charge in [0.15, 0.2) is 0 Å². The number of para-hydroxylation sites is 1. The van der Waals surface area contributed by atoms with Crippen LogP contribution in [0, 0.1) is 0 Å². The number of fused-ring (bicyclic) bond motifs is 3. The SMILES string of the molecule is CCn1c2ccccc2c2cc(CN(Cc3cccnc3)C(=O)c3cccc(N4CCCC4)c3)ccc21. The van der Waals surface area contributed by atoms with Crippen molar-refractivity contribution in [2.75, 3.05) is 18.0 Å². The van der Waals surface area contributed by atoms with Gasteiger partial charge in [0.25, 0.3) is 5.91 Å². The molecule has 0 bridgehead atoms. The maximum Gasteiger partial charge on any atom is 0.254 e. The smallest absolute Gasteiger partial charge is 0.254 e. The first-order valence-corrected chi connectivity index (χ1v) is 13.2. The van der Waals surface area contributed by atoms with Gasteiger partial charge in [0.2, 0.25) is 0 Å². The summed E-state index contributed by atoms with van der Waals surface area (Å²) in [5.41, 5.74) is 6.50. The molecule has 0 radical (unpaired) electrons. The Morgan fingerprint density at radius 2 is 1.65 bits per heavy atom. The number of benzene rings is 3. The van der Waals surface area contributed by atoms with Crippen LogP contribution in [0.3, 0.4) is 0 Å². The topological polar surface area (TPSA) is 41.4 Å². The molecule has 3 heterocycles. The van der Waals surface area contributed by atoms with Gasteiger partial charge in [-0.3, -0.25) is 9.78 Å². The second-order valence-corrected chi connectivity index (χ2v) is 9.88. The van der Waals surface area contributed by atoms with Gasteiger partial charge in [-0.15, -0.1) is 0 Å². The molecule has 0 aliphatic carbocycles.